The van der Waals surface area contributed by atoms with Crippen LogP contribution < -0.4 is 15.4 Å². The lowest BCUT2D eigenvalue weighted by Gasteiger charge is -2.21. The molecule has 1 heterocycles. The predicted molar refractivity (Wildman–Crippen MR) is 67.2 cm³/mol. The molecule has 0 spiro atoms. The summed E-state index contributed by atoms with van der Waals surface area (Å²) in [6.07, 6.45) is 1.87. The Labute approximate surface area is 106 Å². The number of carbonyl (C=O) groups is 1. The molecule has 1 atom stereocenters. The van der Waals surface area contributed by atoms with Gasteiger partial charge in [0, 0.05) is 18.3 Å². The Bertz CT molecular complexity index is 431. The largest absolute Gasteiger partial charge is 0.494 e. The Hall–Kier alpha value is -1.62. The molecule has 0 unspecified atom stereocenters. The lowest BCUT2D eigenvalue weighted by atomic mass is 9.99. The van der Waals surface area contributed by atoms with E-state index in [1.54, 1.807) is 6.07 Å². The summed E-state index contributed by atoms with van der Waals surface area (Å²) in [6, 6.07) is 4.41. The molecule has 0 aliphatic carbocycles. The zero-order valence-corrected chi connectivity index (χ0v) is 10.3. The Morgan fingerprint density at radius 2 is 2.39 bits per heavy atom. The molecule has 1 aromatic rings. The number of hydrogen-bond acceptors (Lipinski definition) is 3. The fourth-order valence-corrected chi connectivity index (χ4v) is 2.06. The highest BCUT2D eigenvalue weighted by molar-refractivity contribution is 5.92. The van der Waals surface area contributed by atoms with Crippen LogP contribution in [0.3, 0.4) is 0 Å². The molecule has 98 valence electrons. The Balaban J connectivity index is 2.00. The van der Waals surface area contributed by atoms with Crippen molar-refractivity contribution in [3.05, 3.63) is 24.0 Å². The van der Waals surface area contributed by atoms with Crippen molar-refractivity contribution in [1.29, 1.82) is 0 Å². The molecule has 2 rings (SSSR count). The minimum atomic E-state index is -0.475. The maximum Gasteiger partial charge on any atom is 0.228 e. The van der Waals surface area contributed by atoms with Crippen LogP contribution in [0.25, 0.3) is 0 Å². The first kappa shape index (κ1) is 12.8. The number of carbonyl (C=O) groups excluding carboxylic acids is 1. The highest BCUT2D eigenvalue weighted by Gasteiger charge is 2.21. The molecule has 0 radical (unpaired) electrons. The normalized spacial score (nSPS) is 19.3. The molecule has 1 aromatic carbocycles. The molecule has 1 aliphatic heterocycles. The number of halogens is 1. The summed E-state index contributed by atoms with van der Waals surface area (Å²) >= 11 is 0. The molecular weight excluding hydrogens is 235 g/mol. The Kier molecular flexibility index (Phi) is 4.15. The Morgan fingerprint density at radius 3 is 3.00 bits per heavy atom. The van der Waals surface area contributed by atoms with Crippen molar-refractivity contribution < 1.29 is 13.9 Å². The summed E-state index contributed by atoms with van der Waals surface area (Å²) in [7, 11) is 1.41. The molecule has 0 aromatic heterocycles. The van der Waals surface area contributed by atoms with Gasteiger partial charge >= 0.3 is 0 Å². The van der Waals surface area contributed by atoms with Gasteiger partial charge in [0.15, 0.2) is 11.6 Å². The van der Waals surface area contributed by atoms with E-state index >= 15 is 0 Å². The lowest BCUT2D eigenvalue weighted by molar-refractivity contribution is -0.120. The first-order chi connectivity index (χ1) is 8.70. The van der Waals surface area contributed by atoms with Gasteiger partial charge in [0.2, 0.25) is 5.91 Å². The molecule has 18 heavy (non-hydrogen) atoms. The summed E-state index contributed by atoms with van der Waals surface area (Å²) in [4.78, 5) is 11.9. The molecule has 4 nitrogen and oxygen atoms in total. The fraction of sp³-hybridized carbons (Fsp3) is 0.462. The average molecular weight is 252 g/mol. The maximum atomic E-state index is 13.5. The topological polar surface area (TPSA) is 50.4 Å². The molecule has 5 heteroatoms. The third-order valence-electron chi connectivity index (χ3n) is 3.09. The van der Waals surface area contributed by atoms with Crippen LogP contribution in [0.15, 0.2) is 18.2 Å². The Morgan fingerprint density at radius 1 is 1.56 bits per heavy atom. The number of nitrogens with one attached hydrogen (secondary N) is 2. The van der Waals surface area contributed by atoms with Crippen LogP contribution in [0.5, 0.6) is 5.75 Å². The van der Waals surface area contributed by atoms with Crippen molar-refractivity contribution in [3.8, 4) is 5.75 Å². The van der Waals surface area contributed by atoms with E-state index in [9.17, 15) is 9.18 Å². The summed E-state index contributed by atoms with van der Waals surface area (Å²) in [5.74, 6) is -0.403. The van der Waals surface area contributed by atoms with Crippen LogP contribution in [-0.4, -0.2) is 26.1 Å². The van der Waals surface area contributed by atoms with Crippen molar-refractivity contribution >= 4 is 11.6 Å². The van der Waals surface area contributed by atoms with E-state index in [1.807, 2.05) is 0 Å². The molecule has 1 aliphatic rings. The van der Waals surface area contributed by atoms with Gasteiger partial charge in [-0.05, 0) is 31.5 Å². The van der Waals surface area contributed by atoms with E-state index in [0.29, 0.717) is 12.2 Å². The molecule has 1 saturated heterocycles. The van der Waals surface area contributed by atoms with Gasteiger partial charge in [-0.25, -0.2) is 4.39 Å². The van der Waals surface area contributed by atoms with Crippen molar-refractivity contribution in [1.82, 2.24) is 5.32 Å². The number of methoxy groups -OCH3 is 1. The van der Waals surface area contributed by atoms with Gasteiger partial charge in [0.25, 0.3) is 0 Å². The lowest BCUT2D eigenvalue weighted by Crippen LogP contribution is -2.37. The molecule has 1 fully saturated rings. The SMILES string of the molecule is COc1ccc(NC(=O)[C@@H]2CCCNC2)cc1F. The number of piperidine rings is 1. The second-order valence-corrected chi connectivity index (χ2v) is 4.38. The fourth-order valence-electron chi connectivity index (χ4n) is 2.06. The average Bonchev–Trinajstić information content (AvgIpc) is 2.40. The van der Waals surface area contributed by atoms with Crippen LogP contribution in [0.1, 0.15) is 12.8 Å². The first-order valence-corrected chi connectivity index (χ1v) is 6.06. The van der Waals surface area contributed by atoms with Crippen LogP contribution in [0.4, 0.5) is 10.1 Å². The smallest absolute Gasteiger partial charge is 0.228 e. The van der Waals surface area contributed by atoms with E-state index in [4.69, 9.17) is 4.74 Å². The number of rotatable bonds is 3. The van der Waals surface area contributed by atoms with Gasteiger partial charge in [-0.15, -0.1) is 0 Å². The minimum Gasteiger partial charge on any atom is -0.494 e. The predicted octanol–water partition coefficient (Wildman–Crippen LogP) is 1.77. The van der Waals surface area contributed by atoms with Gasteiger partial charge in [0.05, 0.1) is 13.0 Å². The third-order valence-corrected chi connectivity index (χ3v) is 3.09. The number of amides is 1. The monoisotopic (exact) mass is 252 g/mol. The first-order valence-electron chi connectivity index (χ1n) is 6.06. The summed E-state index contributed by atoms with van der Waals surface area (Å²) in [5, 5.41) is 5.91. The molecule has 1 amide bonds. The van der Waals surface area contributed by atoms with Crippen LogP contribution in [0, 0.1) is 11.7 Å². The third kappa shape index (κ3) is 2.98. The summed E-state index contributed by atoms with van der Waals surface area (Å²) in [6.45, 7) is 1.64. The quantitative estimate of drug-likeness (QED) is 0.862. The molecular formula is C13H17FN2O2. The molecule has 0 bridgehead atoms. The highest BCUT2D eigenvalue weighted by Crippen LogP contribution is 2.21. The van der Waals surface area contributed by atoms with E-state index in [1.165, 1.54) is 19.2 Å². The van der Waals surface area contributed by atoms with E-state index in [2.05, 4.69) is 10.6 Å². The number of hydrogen-bond donors (Lipinski definition) is 2. The van der Waals surface area contributed by atoms with Crippen molar-refractivity contribution in [2.75, 3.05) is 25.5 Å². The van der Waals surface area contributed by atoms with Gasteiger partial charge in [-0.3, -0.25) is 4.79 Å². The zero-order chi connectivity index (χ0) is 13.0. The number of ether oxygens (including phenoxy) is 1. The highest BCUT2D eigenvalue weighted by atomic mass is 19.1. The molecule has 0 saturated carbocycles. The van der Waals surface area contributed by atoms with Gasteiger partial charge in [-0.1, -0.05) is 0 Å². The zero-order valence-electron chi connectivity index (χ0n) is 10.3. The maximum absolute atomic E-state index is 13.5. The minimum absolute atomic E-state index is 0.0380. The van der Waals surface area contributed by atoms with Crippen LogP contribution in [0.2, 0.25) is 0 Å². The van der Waals surface area contributed by atoms with Crippen molar-refractivity contribution in [2.45, 2.75) is 12.8 Å². The van der Waals surface area contributed by atoms with Crippen LogP contribution in [-0.2, 0) is 4.79 Å². The summed E-state index contributed by atoms with van der Waals surface area (Å²) in [5.41, 5.74) is 0.462. The van der Waals surface area contributed by atoms with Crippen LogP contribution >= 0.6 is 0 Å². The van der Waals surface area contributed by atoms with E-state index in [-0.39, 0.29) is 17.6 Å². The number of anilines is 1. The summed E-state index contributed by atoms with van der Waals surface area (Å²) < 4.78 is 18.3. The van der Waals surface area contributed by atoms with Gasteiger partial charge in [0.1, 0.15) is 0 Å². The second kappa shape index (κ2) is 5.82. The number of benzene rings is 1. The van der Waals surface area contributed by atoms with Crippen molar-refractivity contribution in [3.63, 3.8) is 0 Å². The van der Waals surface area contributed by atoms with E-state index in [0.717, 1.165) is 19.4 Å². The van der Waals surface area contributed by atoms with Gasteiger partial charge in [-0.2, -0.15) is 0 Å². The molecule has 2 N–H and O–H groups in total. The van der Waals surface area contributed by atoms with Crippen molar-refractivity contribution in [2.24, 2.45) is 5.92 Å². The standard InChI is InChI=1S/C13H17FN2O2/c1-18-12-5-4-10(7-11(12)14)16-13(17)9-3-2-6-15-8-9/h4-5,7,9,15H,2-3,6,8H2,1H3,(H,16,17)/t9-/m1/s1. The second-order valence-electron chi connectivity index (χ2n) is 4.38. The van der Waals surface area contributed by atoms with Gasteiger partial charge < -0.3 is 15.4 Å². The van der Waals surface area contributed by atoms with E-state index < -0.39 is 5.82 Å².